The molecule has 2 aromatic rings. The van der Waals surface area contributed by atoms with Gasteiger partial charge in [0.25, 0.3) is 5.91 Å². The lowest BCUT2D eigenvalue weighted by Gasteiger charge is -2.31. The van der Waals surface area contributed by atoms with E-state index in [0.717, 1.165) is 28.9 Å². The average Bonchev–Trinajstić information content (AvgIpc) is 2.69. The molecule has 1 aliphatic heterocycles. The highest BCUT2D eigenvalue weighted by Crippen LogP contribution is 2.23. The summed E-state index contributed by atoms with van der Waals surface area (Å²) in [6.07, 6.45) is 0.821. The van der Waals surface area contributed by atoms with E-state index < -0.39 is 28.9 Å². The maximum absolute atomic E-state index is 13.8. The first-order chi connectivity index (χ1) is 13.3. The van der Waals surface area contributed by atoms with Gasteiger partial charge >= 0.3 is 0 Å². The molecule has 1 aliphatic rings. The number of nitrogens with one attached hydrogen (secondary N) is 1. The number of nitrogens with zero attached hydrogens (tertiary/aromatic N) is 1. The van der Waals surface area contributed by atoms with E-state index in [0.29, 0.717) is 12.8 Å². The molecule has 148 valence electrons. The van der Waals surface area contributed by atoms with Gasteiger partial charge in [0, 0.05) is 24.7 Å². The predicted molar refractivity (Wildman–Crippen MR) is 99.5 cm³/mol. The quantitative estimate of drug-likeness (QED) is 0.798. The van der Waals surface area contributed by atoms with E-state index in [1.54, 1.807) is 0 Å². The summed E-state index contributed by atoms with van der Waals surface area (Å²) >= 11 is 0. The third kappa shape index (κ3) is 4.03. The topological polar surface area (TPSA) is 49.4 Å². The Morgan fingerprint density at radius 3 is 2.29 bits per heavy atom. The number of aryl methyl sites for hydroxylation is 2. The molecule has 0 spiro atoms. The maximum Gasteiger partial charge on any atom is 0.256 e. The molecule has 1 fully saturated rings. The molecule has 1 heterocycles. The zero-order chi connectivity index (χ0) is 20.4. The second-order valence-corrected chi connectivity index (χ2v) is 7.08. The second-order valence-electron chi connectivity index (χ2n) is 7.08. The van der Waals surface area contributed by atoms with Crippen molar-refractivity contribution in [3.63, 3.8) is 0 Å². The van der Waals surface area contributed by atoms with Crippen molar-refractivity contribution in [1.82, 2.24) is 4.90 Å². The number of amides is 2. The van der Waals surface area contributed by atoms with Gasteiger partial charge in [0.15, 0.2) is 17.5 Å². The van der Waals surface area contributed by atoms with Gasteiger partial charge in [-0.3, -0.25) is 9.59 Å². The third-order valence-corrected chi connectivity index (χ3v) is 5.19. The van der Waals surface area contributed by atoms with Crippen LogP contribution in [0.2, 0.25) is 0 Å². The summed E-state index contributed by atoms with van der Waals surface area (Å²) in [7, 11) is 0. The SMILES string of the molecule is Cc1ccc(NC(=O)C2CCN(C(=O)c3ccc(F)c(F)c3F)CC2)cc1C. The zero-order valence-electron chi connectivity index (χ0n) is 15.7. The normalized spacial score (nSPS) is 14.8. The Balaban J connectivity index is 1.61. The van der Waals surface area contributed by atoms with Crippen molar-refractivity contribution in [2.45, 2.75) is 26.7 Å². The van der Waals surface area contributed by atoms with Gasteiger partial charge in [-0.05, 0) is 62.1 Å². The van der Waals surface area contributed by atoms with Crippen LogP contribution in [0.3, 0.4) is 0 Å². The third-order valence-electron chi connectivity index (χ3n) is 5.19. The fourth-order valence-corrected chi connectivity index (χ4v) is 3.27. The van der Waals surface area contributed by atoms with Crippen molar-refractivity contribution in [2.24, 2.45) is 5.92 Å². The molecular weight excluding hydrogens is 369 g/mol. The van der Waals surface area contributed by atoms with Gasteiger partial charge in [-0.2, -0.15) is 0 Å². The van der Waals surface area contributed by atoms with Crippen molar-refractivity contribution in [2.75, 3.05) is 18.4 Å². The molecule has 1 N–H and O–H groups in total. The van der Waals surface area contributed by atoms with Gasteiger partial charge in [-0.1, -0.05) is 6.07 Å². The van der Waals surface area contributed by atoms with E-state index in [1.807, 2.05) is 32.0 Å². The van der Waals surface area contributed by atoms with Crippen LogP contribution in [0.5, 0.6) is 0 Å². The summed E-state index contributed by atoms with van der Waals surface area (Å²) in [5.41, 5.74) is 2.42. The van der Waals surface area contributed by atoms with Crippen LogP contribution in [0.15, 0.2) is 30.3 Å². The largest absolute Gasteiger partial charge is 0.339 e. The molecule has 3 rings (SSSR count). The Morgan fingerprint density at radius 1 is 0.964 bits per heavy atom. The first-order valence-corrected chi connectivity index (χ1v) is 9.09. The summed E-state index contributed by atoms with van der Waals surface area (Å²) in [5, 5.41) is 2.88. The van der Waals surface area contributed by atoms with Gasteiger partial charge in [0.2, 0.25) is 5.91 Å². The number of hydrogen-bond donors (Lipinski definition) is 1. The molecule has 0 atom stereocenters. The van der Waals surface area contributed by atoms with Crippen molar-refractivity contribution >= 4 is 17.5 Å². The van der Waals surface area contributed by atoms with Gasteiger partial charge in [-0.25, -0.2) is 13.2 Å². The Bertz CT molecular complexity index is 922. The minimum Gasteiger partial charge on any atom is -0.339 e. The first-order valence-electron chi connectivity index (χ1n) is 9.09. The summed E-state index contributed by atoms with van der Waals surface area (Å²) in [6, 6.07) is 7.34. The summed E-state index contributed by atoms with van der Waals surface area (Å²) in [5.74, 6) is -5.59. The van der Waals surface area contributed by atoms with Crippen LogP contribution in [0, 0.1) is 37.2 Å². The highest BCUT2D eigenvalue weighted by Gasteiger charge is 2.30. The number of rotatable bonds is 3. The smallest absolute Gasteiger partial charge is 0.256 e. The number of likely N-dealkylation sites (tertiary alicyclic amines) is 1. The van der Waals surface area contributed by atoms with Crippen LogP contribution in [-0.4, -0.2) is 29.8 Å². The number of halogens is 3. The summed E-state index contributed by atoms with van der Waals surface area (Å²) < 4.78 is 40.3. The van der Waals surface area contributed by atoms with Crippen LogP contribution >= 0.6 is 0 Å². The Morgan fingerprint density at radius 2 is 1.64 bits per heavy atom. The fourth-order valence-electron chi connectivity index (χ4n) is 3.27. The molecule has 0 aromatic heterocycles. The van der Waals surface area contributed by atoms with Crippen LogP contribution in [0.4, 0.5) is 18.9 Å². The number of carbonyl (C=O) groups is 2. The lowest BCUT2D eigenvalue weighted by atomic mass is 9.95. The van der Waals surface area contributed by atoms with E-state index in [9.17, 15) is 22.8 Å². The van der Waals surface area contributed by atoms with Gasteiger partial charge < -0.3 is 10.2 Å². The lowest BCUT2D eigenvalue weighted by molar-refractivity contribution is -0.121. The minimum absolute atomic E-state index is 0.130. The minimum atomic E-state index is -1.66. The Labute approximate surface area is 161 Å². The van der Waals surface area contributed by atoms with Crippen LogP contribution in [-0.2, 0) is 4.79 Å². The number of anilines is 1. The molecule has 2 amide bonds. The standard InChI is InChI=1S/C21H21F3N2O2/c1-12-3-4-15(11-13(12)2)25-20(27)14-7-9-26(10-8-14)21(28)16-5-6-17(22)19(24)18(16)23/h3-6,11,14H,7-10H2,1-2H3,(H,25,27). The molecule has 2 aromatic carbocycles. The van der Waals surface area contributed by atoms with Crippen molar-refractivity contribution < 1.29 is 22.8 Å². The van der Waals surface area contributed by atoms with Gasteiger partial charge in [-0.15, -0.1) is 0 Å². The molecule has 0 radical (unpaired) electrons. The predicted octanol–water partition coefficient (Wildman–Crippen LogP) is 4.21. The van der Waals surface area contributed by atoms with E-state index in [-0.39, 0.29) is 24.9 Å². The lowest BCUT2D eigenvalue weighted by Crippen LogP contribution is -2.41. The number of carbonyl (C=O) groups excluding carboxylic acids is 2. The first kappa shape index (κ1) is 19.9. The average molecular weight is 390 g/mol. The number of benzene rings is 2. The fraction of sp³-hybridized carbons (Fsp3) is 0.333. The van der Waals surface area contributed by atoms with Gasteiger partial charge in [0.1, 0.15) is 0 Å². The molecular formula is C21H21F3N2O2. The molecule has 0 unspecified atom stereocenters. The second kappa shape index (κ2) is 8.04. The Kier molecular flexibility index (Phi) is 5.72. The zero-order valence-corrected chi connectivity index (χ0v) is 15.7. The molecule has 28 heavy (non-hydrogen) atoms. The molecule has 1 saturated heterocycles. The van der Waals surface area contributed by atoms with E-state index in [2.05, 4.69) is 5.32 Å². The Hall–Kier alpha value is -2.83. The van der Waals surface area contributed by atoms with E-state index in [1.165, 1.54) is 4.90 Å². The van der Waals surface area contributed by atoms with Gasteiger partial charge in [0.05, 0.1) is 5.56 Å². The van der Waals surface area contributed by atoms with Crippen molar-refractivity contribution in [3.05, 3.63) is 64.5 Å². The van der Waals surface area contributed by atoms with E-state index in [4.69, 9.17) is 0 Å². The molecule has 0 aliphatic carbocycles. The van der Waals surface area contributed by atoms with Crippen LogP contribution in [0.1, 0.15) is 34.3 Å². The van der Waals surface area contributed by atoms with Crippen molar-refractivity contribution in [3.8, 4) is 0 Å². The highest BCUT2D eigenvalue weighted by atomic mass is 19.2. The van der Waals surface area contributed by atoms with Crippen LogP contribution < -0.4 is 5.32 Å². The summed E-state index contributed by atoms with van der Waals surface area (Å²) in [6.45, 7) is 4.43. The molecule has 0 saturated carbocycles. The van der Waals surface area contributed by atoms with Crippen molar-refractivity contribution in [1.29, 1.82) is 0 Å². The molecule has 7 heteroatoms. The maximum atomic E-state index is 13.8. The monoisotopic (exact) mass is 390 g/mol. The number of hydrogen-bond acceptors (Lipinski definition) is 2. The molecule has 0 bridgehead atoms. The van der Waals surface area contributed by atoms with Crippen LogP contribution in [0.25, 0.3) is 0 Å². The van der Waals surface area contributed by atoms with E-state index >= 15 is 0 Å². The highest BCUT2D eigenvalue weighted by molar-refractivity contribution is 5.95. The molecule has 4 nitrogen and oxygen atoms in total. The summed E-state index contributed by atoms with van der Waals surface area (Å²) in [4.78, 5) is 26.3. The number of piperidine rings is 1.